The molecule has 0 bridgehead atoms. The Kier molecular flexibility index (Phi) is 4.28. The molecule has 25 heavy (non-hydrogen) atoms. The van der Waals surface area contributed by atoms with Crippen molar-refractivity contribution in [3.05, 3.63) is 54.7 Å². The van der Waals surface area contributed by atoms with E-state index < -0.39 is 0 Å². The van der Waals surface area contributed by atoms with Crippen molar-refractivity contribution in [2.45, 2.75) is 31.5 Å². The first-order valence-electron chi connectivity index (χ1n) is 8.62. The molecule has 0 unspecified atom stereocenters. The molecule has 6 nitrogen and oxygen atoms in total. The molecule has 0 aliphatic carbocycles. The second-order valence-corrected chi connectivity index (χ2v) is 6.58. The molecule has 1 fully saturated rings. The fraction of sp³-hybridized carbons (Fsp3) is 0.368. The first-order valence-corrected chi connectivity index (χ1v) is 8.62. The average Bonchev–Trinajstić information content (AvgIpc) is 3.22. The standard InChI is InChI=1S/C19H22N4O2/c1-22-13-20-11-17(22)18-10-15(7-9-25-18)21-19(24)12-23-8-6-14-4-2-3-5-16(14)23/h2-6,8,11,13,15,18H,7,9-10,12H2,1H3,(H,21,24)/t15-,18+/m0/s1. The van der Waals surface area contributed by atoms with Crippen molar-refractivity contribution >= 4 is 16.8 Å². The Bertz CT molecular complexity index is 882. The lowest BCUT2D eigenvalue weighted by Gasteiger charge is -2.30. The highest BCUT2D eigenvalue weighted by atomic mass is 16.5. The van der Waals surface area contributed by atoms with E-state index in [1.165, 1.54) is 0 Å². The fourth-order valence-corrected chi connectivity index (χ4v) is 3.52. The van der Waals surface area contributed by atoms with Gasteiger partial charge >= 0.3 is 0 Å². The summed E-state index contributed by atoms with van der Waals surface area (Å²) in [5.41, 5.74) is 2.13. The van der Waals surface area contributed by atoms with Gasteiger partial charge < -0.3 is 19.2 Å². The zero-order valence-electron chi connectivity index (χ0n) is 14.3. The van der Waals surface area contributed by atoms with Crippen LogP contribution in [0.15, 0.2) is 49.1 Å². The topological polar surface area (TPSA) is 61.1 Å². The summed E-state index contributed by atoms with van der Waals surface area (Å²) >= 11 is 0. The lowest BCUT2D eigenvalue weighted by Crippen LogP contribution is -2.41. The number of carbonyl (C=O) groups is 1. The molecule has 1 amide bonds. The Morgan fingerprint density at radius 1 is 1.36 bits per heavy atom. The number of para-hydroxylation sites is 1. The van der Waals surface area contributed by atoms with E-state index in [-0.39, 0.29) is 18.1 Å². The second kappa shape index (κ2) is 6.72. The summed E-state index contributed by atoms with van der Waals surface area (Å²) in [4.78, 5) is 16.6. The van der Waals surface area contributed by atoms with Crippen LogP contribution in [0, 0.1) is 0 Å². The van der Waals surface area contributed by atoms with Gasteiger partial charge in [-0.2, -0.15) is 0 Å². The number of benzene rings is 1. The first-order chi connectivity index (χ1) is 12.2. The van der Waals surface area contributed by atoms with Crippen molar-refractivity contribution in [2.75, 3.05) is 6.61 Å². The van der Waals surface area contributed by atoms with Gasteiger partial charge in [-0.3, -0.25) is 4.79 Å². The van der Waals surface area contributed by atoms with Gasteiger partial charge in [0.1, 0.15) is 12.6 Å². The van der Waals surface area contributed by atoms with Crippen molar-refractivity contribution in [3.63, 3.8) is 0 Å². The van der Waals surface area contributed by atoms with Crippen LogP contribution in [-0.4, -0.2) is 32.7 Å². The summed E-state index contributed by atoms with van der Waals surface area (Å²) in [5, 5.41) is 4.31. The van der Waals surface area contributed by atoms with Gasteiger partial charge in [-0.05, 0) is 30.4 Å². The Morgan fingerprint density at radius 3 is 3.08 bits per heavy atom. The van der Waals surface area contributed by atoms with E-state index in [9.17, 15) is 4.79 Å². The molecule has 1 saturated heterocycles. The first kappa shape index (κ1) is 15.9. The molecule has 3 heterocycles. The fourth-order valence-electron chi connectivity index (χ4n) is 3.52. The molecule has 6 heteroatoms. The Hall–Kier alpha value is -2.60. The van der Waals surface area contributed by atoms with E-state index in [0.717, 1.165) is 29.4 Å². The largest absolute Gasteiger partial charge is 0.372 e. The normalized spacial score (nSPS) is 20.7. The molecule has 0 radical (unpaired) electrons. The zero-order chi connectivity index (χ0) is 17.2. The molecular weight excluding hydrogens is 316 g/mol. The zero-order valence-corrected chi connectivity index (χ0v) is 14.3. The number of rotatable bonds is 4. The third-order valence-electron chi connectivity index (χ3n) is 4.83. The van der Waals surface area contributed by atoms with Crippen molar-refractivity contribution in [3.8, 4) is 0 Å². The minimum atomic E-state index is -0.0149. The Balaban J connectivity index is 1.40. The molecule has 1 aliphatic rings. The molecule has 2 atom stereocenters. The predicted octanol–water partition coefficient (Wildman–Crippen LogP) is 2.41. The lowest BCUT2D eigenvalue weighted by molar-refractivity contribution is -0.123. The van der Waals surface area contributed by atoms with Gasteiger partial charge in [0.2, 0.25) is 5.91 Å². The van der Waals surface area contributed by atoms with Crippen molar-refractivity contribution in [1.82, 2.24) is 19.4 Å². The minimum absolute atomic E-state index is 0.0149. The maximum Gasteiger partial charge on any atom is 0.240 e. The average molecular weight is 338 g/mol. The number of hydrogen-bond acceptors (Lipinski definition) is 3. The molecule has 4 rings (SSSR count). The van der Waals surface area contributed by atoms with Crippen LogP contribution in [0.25, 0.3) is 10.9 Å². The van der Waals surface area contributed by atoms with Crippen LogP contribution in [0.3, 0.4) is 0 Å². The monoisotopic (exact) mass is 338 g/mol. The Morgan fingerprint density at radius 2 is 2.24 bits per heavy atom. The summed E-state index contributed by atoms with van der Waals surface area (Å²) in [6.07, 6.45) is 7.18. The number of ether oxygens (including phenoxy) is 1. The van der Waals surface area contributed by atoms with Crippen molar-refractivity contribution < 1.29 is 9.53 Å². The van der Waals surface area contributed by atoms with Gasteiger partial charge in [0.05, 0.1) is 18.2 Å². The van der Waals surface area contributed by atoms with Gasteiger partial charge in [-0.25, -0.2) is 4.98 Å². The van der Waals surface area contributed by atoms with Crippen LogP contribution in [-0.2, 0) is 23.1 Å². The number of fused-ring (bicyclic) bond motifs is 1. The molecule has 0 spiro atoms. The number of nitrogens with one attached hydrogen (secondary N) is 1. The predicted molar refractivity (Wildman–Crippen MR) is 95.0 cm³/mol. The van der Waals surface area contributed by atoms with E-state index in [0.29, 0.717) is 13.2 Å². The van der Waals surface area contributed by atoms with Crippen LogP contribution in [0.5, 0.6) is 0 Å². The molecule has 2 aromatic heterocycles. The molecule has 1 aliphatic heterocycles. The number of aromatic nitrogens is 3. The number of hydrogen-bond donors (Lipinski definition) is 1. The van der Waals surface area contributed by atoms with Gasteiger partial charge in [-0.15, -0.1) is 0 Å². The van der Waals surface area contributed by atoms with E-state index in [1.807, 2.05) is 52.8 Å². The highest BCUT2D eigenvalue weighted by Crippen LogP contribution is 2.27. The van der Waals surface area contributed by atoms with E-state index in [1.54, 1.807) is 6.33 Å². The van der Waals surface area contributed by atoms with Crippen LogP contribution < -0.4 is 5.32 Å². The maximum atomic E-state index is 12.5. The van der Waals surface area contributed by atoms with Gasteiger partial charge in [0.25, 0.3) is 0 Å². The summed E-state index contributed by atoms with van der Waals surface area (Å²) in [5.74, 6) is 0.0389. The van der Waals surface area contributed by atoms with E-state index in [4.69, 9.17) is 4.74 Å². The summed E-state index contributed by atoms with van der Waals surface area (Å²) in [6, 6.07) is 10.3. The third kappa shape index (κ3) is 3.30. The highest BCUT2D eigenvalue weighted by Gasteiger charge is 2.26. The van der Waals surface area contributed by atoms with Gasteiger partial charge in [0, 0.05) is 31.4 Å². The van der Waals surface area contributed by atoms with E-state index >= 15 is 0 Å². The van der Waals surface area contributed by atoms with Gasteiger partial charge in [-0.1, -0.05) is 18.2 Å². The molecular formula is C19H22N4O2. The van der Waals surface area contributed by atoms with Crippen LogP contribution >= 0.6 is 0 Å². The minimum Gasteiger partial charge on any atom is -0.372 e. The number of nitrogens with zero attached hydrogens (tertiary/aromatic N) is 3. The van der Waals surface area contributed by atoms with E-state index in [2.05, 4.69) is 16.4 Å². The number of aryl methyl sites for hydroxylation is 1. The van der Waals surface area contributed by atoms with Crippen molar-refractivity contribution in [2.24, 2.45) is 7.05 Å². The van der Waals surface area contributed by atoms with Crippen molar-refractivity contribution in [1.29, 1.82) is 0 Å². The smallest absolute Gasteiger partial charge is 0.240 e. The van der Waals surface area contributed by atoms with Gasteiger partial charge in [0.15, 0.2) is 0 Å². The SMILES string of the molecule is Cn1cncc1[C@H]1C[C@@H](NC(=O)Cn2ccc3ccccc32)CCO1. The molecule has 1 aromatic carbocycles. The summed E-state index contributed by atoms with van der Waals surface area (Å²) in [7, 11) is 1.96. The molecule has 3 aromatic rings. The van der Waals surface area contributed by atoms with Crippen LogP contribution in [0.2, 0.25) is 0 Å². The van der Waals surface area contributed by atoms with Crippen LogP contribution in [0.1, 0.15) is 24.6 Å². The number of carbonyl (C=O) groups excluding carboxylic acids is 1. The second-order valence-electron chi connectivity index (χ2n) is 6.58. The Labute approximate surface area is 146 Å². The highest BCUT2D eigenvalue weighted by molar-refractivity contribution is 5.83. The molecule has 130 valence electrons. The quantitative estimate of drug-likeness (QED) is 0.795. The summed E-state index contributed by atoms with van der Waals surface area (Å²) < 4.78 is 9.82. The number of imidazole rings is 1. The number of amides is 1. The maximum absolute atomic E-state index is 12.5. The summed E-state index contributed by atoms with van der Waals surface area (Å²) in [6.45, 7) is 0.981. The molecule has 0 saturated carbocycles. The van der Waals surface area contributed by atoms with Crippen LogP contribution in [0.4, 0.5) is 0 Å². The lowest BCUT2D eigenvalue weighted by atomic mass is 10.0. The molecule has 1 N–H and O–H groups in total. The third-order valence-corrected chi connectivity index (χ3v) is 4.83.